The molecule has 2 rings (SSSR count). The van der Waals surface area contributed by atoms with Gasteiger partial charge in [0.15, 0.2) is 0 Å². The van der Waals surface area contributed by atoms with E-state index >= 15 is 0 Å². The Morgan fingerprint density at radius 1 is 0.850 bits per heavy atom. The summed E-state index contributed by atoms with van der Waals surface area (Å²) < 4.78 is 11.0. The Hall–Kier alpha value is -2.22. The van der Waals surface area contributed by atoms with Crippen LogP contribution in [-0.2, 0) is 9.47 Å². The van der Waals surface area contributed by atoms with Crippen LogP contribution in [0.2, 0.25) is 0 Å². The van der Waals surface area contributed by atoms with Gasteiger partial charge in [-0.05, 0) is 30.5 Å². The lowest BCUT2D eigenvalue weighted by Crippen LogP contribution is -1.97. The molecule has 2 aromatic carbocycles. The minimum absolute atomic E-state index is 0.568. The molecule has 0 saturated carbocycles. The molecule has 0 N–H and O–H groups in total. The van der Waals surface area contributed by atoms with Gasteiger partial charge >= 0.3 is 0 Å². The SMILES string of the molecule is CCOC(=Cc1ccccc1-c1ccccc1)OCC. The molecule has 0 amide bonds. The van der Waals surface area contributed by atoms with E-state index in [1.165, 1.54) is 11.1 Å². The van der Waals surface area contributed by atoms with E-state index in [1.807, 2.05) is 50.3 Å². The van der Waals surface area contributed by atoms with Crippen molar-refractivity contribution in [2.45, 2.75) is 13.8 Å². The Balaban J connectivity index is 2.39. The molecule has 2 aromatic rings. The average molecular weight is 268 g/mol. The van der Waals surface area contributed by atoms with Gasteiger partial charge in [-0.15, -0.1) is 0 Å². The maximum absolute atomic E-state index is 5.52. The summed E-state index contributed by atoms with van der Waals surface area (Å²) in [4.78, 5) is 0. The Morgan fingerprint density at radius 2 is 1.45 bits per heavy atom. The van der Waals surface area contributed by atoms with Gasteiger partial charge in [0.25, 0.3) is 5.95 Å². The Labute approximate surface area is 120 Å². The van der Waals surface area contributed by atoms with Gasteiger partial charge in [-0.1, -0.05) is 54.6 Å². The molecule has 0 unspecified atom stereocenters. The molecule has 2 heteroatoms. The average Bonchev–Trinajstić information content (AvgIpc) is 2.49. The molecule has 0 aromatic heterocycles. The molecular formula is C18H20O2. The zero-order chi connectivity index (χ0) is 14.2. The summed E-state index contributed by atoms with van der Waals surface area (Å²) in [5.74, 6) is 0.568. The van der Waals surface area contributed by atoms with Crippen LogP contribution in [0.25, 0.3) is 17.2 Å². The molecule has 0 aliphatic carbocycles. The molecular weight excluding hydrogens is 248 g/mol. The fraction of sp³-hybridized carbons (Fsp3) is 0.222. The number of benzene rings is 2. The molecule has 0 aliphatic rings. The fourth-order valence-electron chi connectivity index (χ4n) is 2.04. The van der Waals surface area contributed by atoms with Crippen molar-refractivity contribution in [2.24, 2.45) is 0 Å². The maximum atomic E-state index is 5.52. The van der Waals surface area contributed by atoms with Gasteiger partial charge in [-0.3, -0.25) is 0 Å². The second kappa shape index (κ2) is 7.39. The van der Waals surface area contributed by atoms with Gasteiger partial charge in [-0.25, -0.2) is 0 Å². The maximum Gasteiger partial charge on any atom is 0.279 e. The van der Waals surface area contributed by atoms with Crippen LogP contribution in [0, 0.1) is 0 Å². The summed E-state index contributed by atoms with van der Waals surface area (Å²) in [6, 6.07) is 18.6. The molecule has 2 nitrogen and oxygen atoms in total. The Kier molecular flexibility index (Phi) is 5.24. The van der Waals surface area contributed by atoms with Crippen molar-refractivity contribution in [3.63, 3.8) is 0 Å². The highest BCUT2D eigenvalue weighted by molar-refractivity contribution is 5.75. The Bertz CT molecular complexity index is 551. The quantitative estimate of drug-likeness (QED) is 0.705. The van der Waals surface area contributed by atoms with Crippen molar-refractivity contribution in [3.05, 3.63) is 66.1 Å². The molecule has 104 valence electrons. The predicted molar refractivity (Wildman–Crippen MR) is 83.1 cm³/mol. The van der Waals surface area contributed by atoms with Crippen LogP contribution < -0.4 is 0 Å². The lowest BCUT2D eigenvalue weighted by molar-refractivity contribution is 0.0508. The van der Waals surface area contributed by atoms with Crippen LogP contribution in [0.1, 0.15) is 19.4 Å². The van der Waals surface area contributed by atoms with Crippen LogP contribution in [0.5, 0.6) is 0 Å². The van der Waals surface area contributed by atoms with Gasteiger partial charge in [0.1, 0.15) is 0 Å². The lowest BCUT2D eigenvalue weighted by atomic mass is 10.00. The van der Waals surface area contributed by atoms with Gasteiger partial charge in [-0.2, -0.15) is 0 Å². The third-order valence-corrected chi connectivity index (χ3v) is 2.89. The molecule has 0 fully saturated rings. The largest absolute Gasteiger partial charge is 0.466 e. The number of hydrogen-bond donors (Lipinski definition) is 0. The van der Waals surface area contributed by atoms with Crippen molar-refractivity contribution in [3.8, 4) is 11.1 Å². The molecule has 0 atom stereocenters. The van der Waals surface area contributed by atoms with Gasteiger partial charge in [0.05, 0.1) is 13.2 Å². The number of rotatable bonds is 6. The third kappa shape index (κ3) is 3.64. The first-order valence-corrected chi connectivity index (χ1v) is 6.97. The van der Waals surface area contributed by atoms with E-state index in [-0.39, 0.29) is 0 Å². The molecule has 0 spiro atoms. The third-order valence-electron chi connectivity index (χ3n) is 2.89. The second-order valence-corrected chi connectivity index (χ2v) is 4.28. The van der Waals surface area contributed by atoms with Crippen LogP contribution in [0.4, 0.5) is 0 Å². The second-order valence-electron chi connectivity index (χ2n) is 4.28. The lowest BCUT2D eigenvalue weighted by Gasteiger charge is -2.11. The standard InChI is InChI=1S/C18H20O2/c1-3-19-18(20-4-2)14-16-12-8-9-13-17(16)15-10-6-5-7-11-15/h5-14H,3-4H2,1-2H3. The van der Waals surface area contributed by atoms with E-state index in [2.05, 4.69) is 24.3 Å². The molecule has 0 saturated heterocycles. The van der Waals surface area contributed by atoms with Gasteiger partial charge in [0, 0.05) is 6.08 Å². The zero-order valence-electron chi connectivity index (χ0n) is 12.0. The summed E-state index contributed by atoms with van der Waals surface area (Å²) in [5, 5.41) is 0. The predicted octanol–water partition coefficient (Wildman–Crippen LogP) is 4.73. The van der Waals surface area contributed by atoms with Gasteiger partial charge < -0.3 is 9.47 Å². The first-order chi connectivity index (χ1) is 9.85. The summed E-state index contributed by atoms with van der Waals surface area (Å²) in [6.07, 6.45) is 1.95. The van der Waals surface area contributed by atoms with Crippen molar-refractivity contribution in [2.75, 3.05) is 13.2 Å². The molecule has 0 radical (unpaired) electrons. The molecule has 0 heterocycles. The Morgan fingerprint density at radius 3 is 2.10 bits per heavy atom. The monoisotopic (exact) mass is 268 g/mol. The van der Waals surface area contributed by atoms with Crippen molar-refractivity contribution in [1.29, 1.82) is 0 Å². The zero-order valence-corrected chi connectivity index (χ0v) is 12.0. The van der Waals surface area contributed by atoms with Crippen LogP contribution in [-0.4, -0.2) is 13.2 Å². The highest BCUT2D eigenvalue weighted by Crippen LogP contribution is 2.25. The van der Waals surface area contributed by atoms with E-state index < -0.39 is 0 Å². The summed E-state index contributed by atoms with van der Waals surface area (Å²) in [7, 11) is 0. The minimum atomic E-state index is 0.568. The normalized spacial score (nSPS) is 9.90. The van der Waals surface area contributed by atoms with Crippen molar-refractivity contribution >= 4 is 6.08 Å². The van der Waals surface area contributed by atoms with E-state index in [0.29, 0.717) is 19.2 Å². The summed E-state index contributed by atoms with van der Waals surface area (Å²) in [5.41, 5.74) is 3.45. The summed E-state index contributed by atoms with van der Waals surface area (Å²) >= 11 is 0. The summed E-state index contributed by atoms with van der Waals surface area (Å²) in [6.45, 7) is 5.10. The van der Waals surface area contributed by atoms with E-state index in [1.54, 1.807) is 0 Å². The molecule has 0 bridgehead atoms. The first-order valence-electron chi connectivity index (χ1n) is 6.97. The highest BCUT2D eigenvalue weighted by Gasteiger charge is 2.05. The molecule has 20 heavy (non-hydrogen) atoms. The van der Waals surface area contributed by atoms with Crippen molar-refractivity contribution in [1.82, 2.24) is 0 Å². The topological polar surface area (TPSA) is 18.5 Å². The van der Waals surface area contributed by atoms with Crippen molar-refractivity contribution < 1.29 is 9.47 Å². The first kappa shape index (κ1) is 14.2. The number of hydrogen-bond acceptors (Lipinski definition) is 2. The fourth-order valence-corrected chi connectivity index (χ4v) is 2.04. The van der Waals surface area contributed by atoms with Crippen LogP contribution in [0.3, 0.4) is 0 Å². The number of ether oxygens (including phenoxy) is 2. The van der Waals surface area contributed by atoms with Gasteiger partial charge in [0.2, 0.25) is 0 Å². The molecule has 0 aliphatic heterocycles. The smallest absolute Gasteiger partial charge is 0.279 e. The van der Waals surface area contributed by atoms with Crippen LogP contribution >= 0.6 is 0 Å². The van der Waals surface area contributed by atoms with E-state index in [0.717, 1.165) is 5.56 Å². The highest BCUT2D eigenvalue weighted by atomic mass is 16.7. The van der Waals surface area contributed by atoms with E-state index in [4.69, 9.17) is 9.47 Å². The van der Waals surface area contributed by atoms with E-state index in [9.17, 15) is 0 Å². The minimum Gasteiger partial charge on any atom is -0.466 e. The van der Waals surface area contributed by atoms with Crippen LogP contribution in [0.15, 0.2) is 60.5 Å².